The molecule has 1 aromatic heterocycles. The smallest absolute Gasteiger partial charge is 0.215 e. The Hall–Kier alpha value is -2.71. The summed E-state index contributed by atoms with van der Waals surface area (Å²) < 4.78 is 1.42. The highest BCUT2D eigenvalue weighted by molar-refractivity contribution is 6.34. The van der Waals surface area contributed by atoms with Crippen LogP contribution in [0.5, 0.6) is 11.5 Å². The molecule has 0 amide bonds. The van der Waals surface area contributed by atoms with Crippen LogP contribution in [0.15, 0.2) is 36.4 Å². The van der Waals surface area contributed by atoms with Crippen molar-refractivity contribution in [3.8, 4) is 17.2 Å². The van der Waals surface area contributed by atoms with Crippen LogP contribution in [0.1, 0.15) is 0 Å². The van der Waals surface area contributed by atoms with Crippen LogP contribution in [0.25, 0.3) is 21.4 Å². The molecule has 3 aromatic rings. The Morgan fingerprint density at radius 1 is 1.10 bits per heavy atom. The third-order valence-electron chi connectivity index (χ3n) is 2.90. The van der Waals surface area contributed by atoms with Crippen molar-refractivity contribution < 1.29 is 10.2 Å². The van der Waals surface area contributed by atoms with Crippen molar-refractivity contribution in [3.63, 3.8) is 0 Å². The van der Waals surface area contributed by atoms with Gasteiger partial charge >= 0.3 is 0 Å². The van der Waals surface area contributed by atoms with Crippen molar-refractivity contribution in [3.05, 3.63) is 53.0 Å². The summed E-state index contributed by atoms with van der Waals surface area (Å²) in [5.74, 6) is 0.0975. The number of aromatic hydroxyl groups is 2. The number of aromatic nitrogens is 2. The molecule has 0 aliphatic heterocycles. The van der Waals surface area contributed by atoms with Gasteiger partial charge in [-0.1, -0.05) is 11.6 Å². The van der Waals surface area contributed by atoms with E-state index >= 15 is 0 Å². The Bertz CT molecular complexity index is 865. The van der Waals surface area contributed by atoms with Crippen LogP contribution < -0.4 is 0 Å². The minimum atomic E-state index is 0.00484. The molecule has 0 saturated heterocycles. The SMILES string of the molecule is [C-]#[N+]c1cc(O)ccc1-n1nc2ccc(O)cc2c1Cl. The summed E-state index contributed by atoms with van der Waals surface area (Å²) in [5.41, 5.74) is 1.32. The second-order valence-electron chi connectivity index (χ2n) is 4.19. The van der Waals surface area contributed by atoms with Gasteiger partial charge in [0.15, 0.2) is 0 Å². The minimum Gasteiger partial charge on any atom is -0.509 e. The summed E-state index contributed by atoms with van der Waals surface area (Å²) in [6, 6.07) is 9.06. The maximum Gasteiger partial charge on any atom is 0.215 e. The zero-order chi connectivity index (χ0) is 14.3. The average Bonchev–Trinajstić information content (AvgIpc) is 2.76. The quantitative estimate of drug-likeness (QED) is 0.671. The van der Waals surface area contributed by atoms with E-state index in [0.29, 0.717) is 21.7 Å². The molecule has 0 aliphatic carbocycles. The molecular weight excluding hydrogens is 278 g/mol. The number of hydrogen-bond acceptors (Lipinski definition) is 3. The molecule has 0 spiro atoms. The maximum absolute atomic E-state index is 9.49. The topological polar surface area (TPSA) is 62.6 Å². The predicted octanol–water partition coefficient (Wildman–Crippen LogP) is 3.64. The summed E-state index contributed by atoms with van der Waals surface area (Å²) >= 11 is 6.26. The molecule has 0 aliphatic rings. The van der Waals surface area contributed by atoms with Gasteiger partial charge in [0.1, 0.15) is 16.7 Å². The highest BCUT2D eigenvalue weighted by atomic mass is 35.5. The summed E-state index contributed by atoms with van der Waals surface area (Å²) in [5, 5.41) is 24.1. The molecule has 5 nitrogen and oxygen atoms in total. The van der Waals surface area contributed by atoms with E-state index in [9.17, 15) is 10.2 Å². The summed E-state index contributed by atoms with van der Waals surface area (Å²) in [4.78, 5) is 3.36. The van der Waals surface area contributed by atoms with Crippen LogP contribution >= 0.6 is 11.6 Å². The molecular formula is C14H8ClN3O2. The Balaban J connectivity index is 2.31. The molecule has 98 valence electrons. The second kappa shape index (κ2) is 4.44. The molecule has 2 N–H and O–H groups in total. The number of benzene rings is 2. The Morgan fingerprint density at radius 2 is 1.80 bits per heavy atom. The van der Waals surface area contributed by atoms with Gasteiger partial charge in [0.2, 0.25) is 5.69 Å². The van der Waals surface area contributed by atoms with E-state index in [4.69, 9.17) is 18.2 Å². The number of rotatable bonds is 1. The number of nitrogens with zero attached hydrogens (tertiary/aromatic N) is 3. The van der Waals surface area contributed by atoms with Gasteiger partial charge in [-0.15, -0.1) is 0 Å². The van der Waals surface area contributed by atoms with E-state index in [1.54, 1.807) is 12.1 Å². The fraction of sp³-hybridized carbons (Fsp3) is 0. The highest BCUT2D eigenvalue weighted by Crippen LogP contribution is 2.33. The zero-order valence-corrected chi connectivity index (χ0v) is 10.8. The van der Waals surface area contributed by atoms with E-state index in [1.807, 2.05) is 0 Å². The number of phenolic OH excluding ortho intramolecular Hbond substituents is 2. The molecule has 0 bridgehead atoms. The van der Waals surface area contributed by atoms with E-state index in [1.165, 1.54) is 28.9 Å². The lowest BCUT2D eigenvalue weighted by atomic mass is 10.2. The lowest BCUT2D eigenvalue weighted by Gasteiger charge is -2.05. The summed E-state index contributed by atoms with van der Waals surface area (Å²) in [7, 11) is 0. The summed E-state index contributed by atoms with van der Waals surface area (Å²) in [6.07, 6.45) is 0. The molecule has 3 rings (SSSR count). The van der Waals surface area contributed by atoms with E-state index in [2.05, 4.69) is 9.94 Å². The largest absolute Gasteiger partial charge is 0.509 e. The third-order valence-corrected chi connectivity index (χ3v) is 3.27. The van der Waals surface area contributed by atoms with Gasteiger partial charge in [-0.2, -0.15) is 5.10 Å². The van der Waals surface area contributed by atoms with Crippen molar-refractivity contribution in [2.75, 3.05) is 0 Å². The fourth-order valence-electron chi connectivity index (χ4n) is 1.98. The van der Waals surface area contributed by atoms with Crippen molar-refractivity contribution in [1.29, 1.82) is 0 Å². The first-order chi connectivity index (χ1) is 9.60. The third kappa shape index (κ3) is 1.83. The van der Waals surface area contributed by atoms with Gasteiger partial charge in [-0.25, -0.2) is 9.53 Å². The Labute approximate surface area is 119 Å². The first-order valence-electron chi connectivity index (χ1n) is 5.68. The van der Waals surface area contributed by atoms with Crippen LogP contribution in [0.3, 0.4) is 0 Å². The highest BCUT2D eigenvalue weighted by Gasteiger charge is 2.14. The molecule has 1 heterocycles. The molecule has 0 fully saturated rings. The first-order valence-corrected chi connectivity index (χ1v) is 6.06. The number of halogens is 1. The fourth-order valence-corrected chi connectivity index (χ4v) is 2.26. The average molecular weight is 286 g/mol. The van der Waals surface area contributed by atoms with Crippen molar-refractivity contribution in [1.82, 2.24) is 9.78 Å². The maximum atomic E-state index is 9.49. The van der Waals surface area contributed by atoms with E-state index in [0.717, 1.165) is 0 Å². The molecule has 0 unspecified atom stereocenters. The van der Waals surface area contributed by atoms with Crippen LogP contribution in [0.4, 0.5) is 5.69 Å². The van der Waals surface area contributed by atoms with Gasteiger partial charge in [0.05, 0.1) is 17.8 Å². The number of hydrogen-bond donors (Lipinski definition) is 2. The van der Waals surface area contributed by atoms with Crippen molar-refractivity contribution >= 4 is 28.2 Å². The van der Waals surface area contributed by atoms with Gasteiger partial charge in [-0.05, 0) is 36.4 Å². The molecule has 6 heteroatoms. The molecule has 2 aromatic carbocycles. The van der Waals surface area contributed by atoms with Crippen LogP contribution in [0.2, 0.25) is 5.15 Å². The zero-order valence-electron chi connectivity index (χ0n) is 10.1. The normalized spacial score (nSPS) is 10.6. The summed E-state index contributed by atoms with van der Waals surface area (Å²) in [6.45, 7) is 7.16. The Morgan fingerprint density at radius 3 is 2.55 bits per heavy atom. The lowest BCUT2D eigenvalue weighted by Crippen LogP contribution is -1.96. The van der Waals surface area contributed by atoms with Crippen LogP contribution in [0, 0.1) is 6.57 Å². The molecule has 0 atom stereocenters. The standard InChI is InChI=1S/C14H8ClN3O2/c1-16-12-7-9(20)3-5-13(12)18-14(15)10-6-8(19)2-4-11(10)17-18/h2-7,19-20H. The van der Waals surface area contributed by atoms with Gasteiger partial charge in [-0.3, -0.25) is 0 Å². The number of fused-ring (bicyclic) bond motifs is 1. The van der Waals surface area contributed by atoms with Gasteiger partial charge < -0.3 is 10.2 Å². The van der Waals surface area contributed by atoms with Crippen molar-refractivity contribution in [2.24, 2.45) is 0 Å². The lowest BCUT2D eigenvalue weighted by molar-refractivity contribution is 0.475. The molecule has 0 radical (unpaired) electrons. The van der Waals surface area contributed by atoms with Crippen LogP contribution in [-0.4, -0.2) is 20.0 Å². The van der Waals surface area contributed by atoms with Gasteiger partial charge in [0, 0.05) is 5.39 Å². The monoisotopic (exact) mass is 285 g/mol. The molecule has 0 saturated carbocycles. The van der Waals surface area contributed by atoms with Gasteiger partial charge in [0.25, 0.3) is 0 Å². The second-order valence-corrected chi connectivity index (χ2v) is 4.55. The van der Waals surface area contributed by atoms with Crippen molar-refractivity contribution in [2.45, 2.75) is 0 Å². The minimum absolute atomic E-state index is 0.00484. The Kier molecular flexibility index (Phi) is 2.74. The van der Waals surface area contributed by atoms with E-state index < -0.39 is 0 Å². The number of phenols is 2. The predicted molar refractivity (Wildman–Crippen MR) is 75.7 cm³/mol. The molecule has 20 heavy (non-hydrogen) atoms. The van der Waals surface area contributed by atoms with E-state index in [-0.39, 0.29) is 17.2 Å². The first kappa shape index (κ1) is 12.3. The van der Waals surface area contributed by atoms with Crippen LogP contribution in [-0.2, 0) is 0 Å².